The maximum Gasteiger partial charge on any atom is 0.181 e. The molecule has 0 bridgehead atoms. The van der Waals surface area contributed by atoms with Crippen LogP contribution in [-0.2, 0) is 5.41 Å². The number of nitrogens with two attached hydrogens (primary N) is 1. The highest BCUT2D eigenvalue weighted by molar-refractivity contribution is 5.21. The zero-order chi connectivity index (χ0) is 8.82. The quantitative estimate of drug-likeness (QED) is 0.648. The predicted octanol–water partition coefficient (Wildman–Crippen LogP) is -0.0314. The van der Waals surface area contributed by atoms with Crippen LogP contribution in [0.2, 0.25) is 0 Å². The number of rotatable bonds is 2. The molecular weight excluding hydrogens is 154 g/mol. The second-order valence-corrected chi connectivity index (χ2v) is 4.02. The van der Waals surface area contributed by atoms with E-state index in [-0.39, 0.29) is 11.0 Å². The van der Waals surface area contributed by atoms with Crippen molar-refractivity contribution in [2.24, 2.45) is 5.73 Å². The SMILES string of the molecule is CC(C)(c1nn[nH]n1)C1(N)CC1. The number of hydrogen-bond donors (Lipinski definition) is 2. The van der Waals surface area contributed by atoms with Crippen LogP contribution in [-0.4, -0.2) is 26.2 Å². The second kappa shape index (κ2) is 2.04. The highest BCUT2D eigenvalue weighted by Gasteiger charge is 2.54. The lowest BCUT2D eigenvalue weighted by molar-refractivity contribution is 0.370. The minimum Gasteiger partial charge on any atom is -0.324 e. The summed E-state index contributed by atoms with van der Waals surface area (Å²) in [6.07, 6.45) is 2.10. The van der Waals surface area contributed by atoms with Gasteiger partial charge >= 0.3 is 0 Å². The van der Waals surface area contributed by atoms with Crippen molar-refractivity contribution in [2.45, 2.75) is 37.6 Å². The first-order valence-electron chi connectivity index (χ1n) is 4.09. The van der Waals surface area contributed by atoms with Crippen molar-refractivity contribution in [3.63, 3.8) is 0 Å². The molecule has 5 heteroatoms. The minimum atomic E-state index is -0.167. The van der Waals surface area contributed by atoms with Gasteiger partial charge < -0.3 is 5.73 Å². The third kappa shape index (κ3) is 0.859. The van der Waals surface area contributed by atoms with Crippen LogP contribution >= 0.6 is 0 Å². The van der Waals surface area contributed by atoms with E-state index >= 15 is 0 Å². The van der Waals surface area contributed by atoms with Crippen LogP contribution in [0, 0.1) is 0 Å². The van der Waals surface area contributed by atoms with Gasteiger partial charge in [0.1, 0.15) is 0 Å². The van der Waals surface area contributed by atoms with Crippen molar-refractivity contribution in [3.8, 4) is 0 Å². The maximum atomic E-state index is 6.09. The standard InChI is InChI=1S/C7H13N5/c1-6(2,7(8)3-4-7)5-9-11-12-10-5/h3-4,8H2,1-2H3,(H,9,10,11,12). The van der Waals surface area contributed by atoms with Crippen molar-refractivity contribution < 1.29 is 0 Å². The lowest BCUT2D eigenvalue weighted by atomic mass is 9.82. The van der Waals surface area contributed by atoms with Gasteiger partial charge in [-0.25, -0.2) is 0 Å². The lowest BCUT2D eigenvalue weighted by Gasteiger charge is -2.27. The molecule has 0 amide bonds. The fourth-order valence-electron chi connectivity index (χ4n) is 1.41. The van der Waals surface area contributed by atoms with Crippen LogP contribution in [0.25, 0.3) is 0 Å². The molecule has 1 aromatic rings. The molecule has 0 unspecified atom stereocenters. The summed E-state index contributed by atoms with van der Waals surface area (Å²) in [5.41, 5.74) is 5.81. The molecule has 1 saturated carbocycles. The van der Waals surface area contributed by atoms with Crippen LogP contribution in [0.5, 0.6) is 0 Å². The van der Waals surface area contributed by atoms with Gasteiger partial charge in [0.05, 0.1) is 0 Å². The highest BCUT2D eigenvalue weighted by atomic mass is 15.5. The largest absolute Gasteiger partial charge is 0.324 e. The summed E-state index contributed by atoms with van der Waals surface area (Å²) in [4.78, 5) is 0. The molecule has 3 N–H and O–H groups in total. The van der Waals surface area contributed by atoms with E-state index in [4.69, 9.17) is 5.73 Å². The summed E-state index contributed by atoms with van der Waals surface area (Å²) >= 11 is 0. The van der Waals surface area contributed by atoms with Crippen LogP contribution in [0.15, 0.2) is 0 Å². The molecule has 0 radical (unpaired) electrons. The predicted molar refractivity (Wildman–Crippen MR) is 43.4 cm³/mol. The summed E-state index contributed by atoms with van der Waals surface area (Å²) in [7, 11) is 0. The van der Waals surface area contributed by atoms with E-state index in [2.05, 4.69) is 34.5 Å². The van der Waals surface area contributed by atoms with E-state index < -0.39 is 0 Å². The first-order valence-corrected chi connectivity index (χ1v) is 4.09. The molecule has 1 aromatic heterocycles. The number of nitrogens with one attached hydrogen (secondary N) is 1. The van der Waals surface area contributed by atoms with E-state index in [1.807, 2.05) is 0 Å². The molecule has 0 aliphatic heterocycles. The molecule has 1 aliphatic rings. The Morgan fingerprint density at radius 2 is 2.17 bits per heavy atom. The molecule has 1 aliphatic carbocycles. The molecule has 0 atom stereocenters. The molecule has 2 rings (SSSR count). The Balaban J connectivity index is 2.33. The van der Waals surface area contributed by atoms with Crippen molar-refractivity contribution in [1.82, 2.24) is 20.6 Å². The van der Waals surface area contributed by atoms with E-state index in [9.17, 15) is 0 Å². The molecule has 0 aromatic carbocycles. The minimum absolute atomic E-state index is 0.114. The Hall–Kier alpha value is -0.970. The van der Waals surface area contributed by atoms with Gasteiger partial charge in [-0.05, 0) is 12.8 Å². The number of nitrogens with zero attached hydrogens (tertiary/aromatic N) is 3. The number of H-pyrrole nitrogens is 1. The Morgan fingerprint density at radius 1 is 1.50 bits per heavy atom. The van der Waals surface area contributed by atoms with Gasteiger partial charge in [-0.3, -0.25) is 0 Å². The summed E-state index contributed by atoms with van der Waals surface area (Å²) in [5, 5.41) is 13.9. The topological polar surface area (TPSA) is 80.5 Å². The van der Waals surface area contributed by atoms with E-state index in [0.29, 0.717) is 5.82 Å². The molecule has 66 valence electrons. The molecule has 1 fully saturated rings. The maximum absolute atomic E-state index is 6.09. The van der Waals surface area contributed by atoms with Crippen molar-refractivity contribution >= 4 is 0 Å². The summed E-state index contributed by atoms with van der Waals surface area (Å²) in [5.74, 6) is 0.711. The normalized spacial score (nSPS) is 20.9. The van der Waals surface area contributed by atoms with Gasteiger partial charge in [-0.1, -0.05) is 19.1 Å². The summed E-state index contributed by atoms with van der Waals surface area (Å²) < 4.78 is 0. The monoisotopic (exact) mass is 167 g/mol. The van der Waals surface area contributed by atoms with Crippen molar-refractivity contribution in [2.75, 3.05) is 0 Å². The number of aromatic amines is 1. The van der Waals surface area contributed by atoms with Crippen LogP contribution in [0.1, 0.15) is 32.5 Å². The fraction of sp³-hybridized carbons (Fsp3) is 0.857. The molecule has 1 heterocycles. The Bertz CT molecular complexity index is 272. The third-order valence-corrected chi connectivity index (χ3v) is 2.94. The Morgan fingerprint density at radius 3 is 2.58 bits per heavy atom. The number of aromatic nitrogens is 4. The average Bonchev–Trinajstić information content (AvgIpc) is 2.59. The molecule has 12 heavy (non-hydrogen) atoms. The first-order chi connectivity index (χ1) is 5.56. The zero-order valence-electron chi connectivity index (χ0n) is 7.33. The Labute approximate surface area is 70.7 Å². The lowest BCUT2D eigenvalue weighted by Crippen LogP contribution is -2.44. The van der Waals surface area contributed by atoms with Crippen molar-refractivity contribution in [1.29, 1.82) is 0 Å². The van der Waals surface area contributed by atoms with Gasteiger partial charge in [0, 0.05) is 11.0 Å². The average molecular weight is 167 g/mol. The molecule has 5 nitrogen and oxygen atoms in total. The second-order valence-electron chi connectivity index (χ2n) is 4.02. The van der Waals surface area contributed by atoms with Crippen LogP contribution < -0.4 is 5.73 Å². The third-order valence-electron chi connectivity index (χ3n) is 2.94. The van der Waals surface area contributed by atoms with Crippen LogP contribution in [0.4, 0.5) is 0 Å². The van der Waals surface area contributed by atoms with Gasteiger partial charge in [0.25, 0.3) is 0 Å². The first kappa shape index (κ1) is 7.67. The molecule has 0 saturated heterocycles. The van der Waals surface area contributed by atoms with Gasteiger partial charge in [0.15, 0.2) is 5.82 Å². The zero-order valence-corrected chi connectivity index (χ0v) is 7.33. The number of tetrazole rings is 1. The van der Waals surface area contributed by atoms with Gasteiger partial charge in [0.2, 0.25) is 0 Å². The van der Waals surface area contributed by atoms with Gasteiger partial charge in [-0.15, -0.1) is 10.2 Å². The Kier molecular flexibility index (Phi) is 1.30. The smallest absolute Gasteiger partial charge is 0.181 e. The van der Waals surface area contributed by atoms with E-state index in [0.717, 1.165) is 12.8 Å². The molecular formula is C7H13N5. The highest BCUT2D eigenvalue weighted by Crippen LogP contribution is 2.47. The summed E-state index contributed by atoms with van der Waals surface area (Å²) in [6, 6.07) is 0. The van der Waals surface area contributed by atoms with E-state index in [1.165, 1.54) is 0 Å². The van der Waals surface area contributed by atoms with Gasteiger partial charge in [-0.2, -0.15) is 5.21 Å². The fourth-order valence-corrected chi connectivity index (χ4v) is 1.41. The summed E-state index contributed by atoms with van der Waals surface area (Å²) in [6.45, 7) is 4.12. The van der Waals surface area contributed by atoms with Crippen LogP contribution in [0.3, 0.4) is 0 Å². The molecule has 0 spiro atoms. The van der Waals surface area contributed by atoms with Crippen molar-refractivity contribution in [3.05, 3.63) is 5.82 Å². The number of hydrogen-bond acceptors (Lipinski definition) is 4. The van der Waals surface area contributed by atoms with E-state index in [1.54, 1.807) is 0 Å².